The molecule has 0 radical (unpaired) electrons. The van der Waals surface area contributed by atoms with Crippen LogP contribution in [0.2, 0.25) is 0 Å². The van der Waals surface area contributed by atoms with Gasteiger partial charge in [-0.3, -0.25) is 0 Å². The molecule has 37 heavy (non-hydrogen) atoms. The van der Waals surface area contributed by atoms with Gasteiger partial charge in [0, 0.05) is 15.2 Å². The molecule has 5 aromatic heterocycles. The molecule has 0 spiro atoms. The number of aromatic nitrogens is 4. The van der Waals surface area contributed by atoms with Crippen molar-refractivity contribution in [2.45, 2.75) is 65.2 Å². The van der Waals surface area contributed by atoms with Crippen LogP contribution in [0.1, 0.15) is 69.6 Å². The first-order chi connectivity index (χ1) is 17.8. The Bertz CT molecular complexity index is 1740. The van der Waals surface area contributed by atoms with Gasteiger partial charge >= 0.3 is 11.4 Å². The van der Waals surface area contributed by atoms with Crippen LogP contribution >= 0.6 is 34.0 Å². The Morgan fingerprint density at radius 1 is 0.757 bits per heavy atom. The number of hydrogen-bond donors (Lipinski definition) is 4. The first-order valence-electron chi connectivity index (χ1n) is 12.7. The summed E-state index contributed by atoms with van der Waals surface area (Å²) in [5.41, 5.74) is 2.90. The van der Waals surface area contributed by atoms with Gasteiger partial charge in [-0.2, -0.15) is 0 Å². The van der Waals surface area contributed by atoms with E-state index in [0.717, 1.165) is 65.7 Å². The van der Waals surface area contributed by atoms with Crippen LogP contribution in [0.3, 0.4) is 0 Å². The lowest BCUT2D eigenvalue weighted by Gasteiger charge is -2.25. The molecule has 0 saturated heterocycles. The van der Waals surface area contributed by atoms with Crippen molar-refractivity contribution in [2.75, 3.05) is 13.2 Å². The molecule has 5 aromatic rings. The van der Waals surface area contributed by atoms with E-state index in [0.29, 0.717) is 30.6 Å². The molecule has 0 saturated carbocycles. The summed E-state index contributed by atoms with van der Waals surface area (Å²) < 4.78 is 12.4. The van der Waals surface area contributed by atoms with Gasteiger partial charge in [0.05, 0.1) is 41.6 Å². The highest BCUT2D eigenvalue weighted by Gasteiger charge is 2.35. The van der Waals surface area contributed by atoms with Crippen LogP contribution in [-0.4, -0.2) is 33.1 Å². The van der Waals surface area contributed by atoms with E-state index in [1.54, 1.807) is 34.0 Å². The number of ether oxygens (including phenoxy) is 2. The summed E-state index contributed by atoms with van der Waals surface area (Å²) in [6.07, 6.45) is 2.90. The number of H-pyrrole nitrogens is 4. The summed E-state index contributed by atoms with van der Waals surface area (Å²) in [6.45, 7) is 11.9. The molecule has 0 bridgehead atoms. The Morgan fingerprint density at radius 2 is 1.27 bits per heavy atom. The number of hydrogen-bond acceptors (Lipinski definition) is 7. The fourth-order valence-electron chi connectivity index (χ4n) is 4.98. The third-order valence-corrected chi connectivity index (χ3v) is 12.2. The van der Waals surface area contributed by atoms with Crippen LogP contribution in [0.15, 0.2) is 9.59 Å². The molecule has 8 nitrogen and oxygen atoms in total. The predicted molar refractivity (Wildman–Crippen MR) is 154 cm³/mol. The molecule has 196 valence electrons. The van der Waals surface area contributed by atoms with E-state index in [4.69, 9.17) is 9.47 Å². The summed E-state index contributed by atoms with van der Waals surface area (Å²) in [5.74, 6) is 1.73. The number of imidazole rings is 2. The van der Waals surface area contributed by atoms with E-state index in [1.165, 1.54) is 4.88 Å². The molecular formula is C26H30N4O4S3. The normalized spacial score (nSPS) is 14.7. The molecule has 0 aliphatic carbocycles. The van der Waals surface area contributed by atoms with Crippen molar-refractivity contribution in [1.29, 1.82) is 0 Å². The minimum Gasteiger partial charge on any atom is -0.485 e. The summed E-state index contributed by atoms with van der Waals surface area (Å²) >= 11 is 5.01. The third-order valence-electron chi connectivity index (χ3n) is 7.78. The smallest absolute Gasteiger partial charge is 0.323 e. The van der Waals surface area contributed by atoms with Crippen LogP contribution in [-0.2, 0) is 5.41 Å². The molecular weight excluding hydrogens is 529 g/mol. The number of thiophene rings is 3. The van der Waals surface area contributed by atoms with Crippen molar-refractivity contribution in [3.8, 4) is 31.0 Å². The van der Waals surface area contributed by atoms with Gasteiger partial charge in [-0.15, -0.1) is 34.0 Å². The molecule has 1 aliphatic heterocycles. The van der Waals surface area contributed by atoms with Gasteiger partial charge in [0.2, 0.25) is 0 Å². The van der Waals surface area contributed by atoms with Crippen LogP contribution in [0.4, 0.5) is 0 Å². The summed E-state index contributed by atoms with van der Waals surface area (Å²) in [5, 5.41) is 0. The topological polar surface area (TPSA) is 116 Å². The van der Waals surface area contributed by atoms with Crippen LogP contribution < -0.4 is 20.9 Å². The SMILES string of the molecule is CCC(C)c1sc(-c2sc(-c3sc(C(C)(CC)CC)c4[nH]c(=O)[nH]c34)c3c2OCCO3)c2[nH]c(=O)[nH]c12. The van der Waals surface area contributed by atoms with E-state index >= 15 is 0 Å². The first-order valence-corrected chi connectivity index (χ1v) is 15.2. The standard InChI is InChI=1S/C26H30N4O4S3/c1-6-11(4)18-12-13(28-24(31)27-12)19(35-18)21-16-17(34-10-9-33-16)22(36-21)20-14-15(30-25(32)29-14)23(37-20)26(5,7-2)8-3/h11H,6-10H2,1-5H3,(H2,27,28,31)(H2,29,30,32). The van der Waals surface area contributed by atoms with Gasteiger partial charge in [-0.1, -0.05) is 34.6 Å². The second-order valence-electron chi connectivity index (χ2n) is 9.91. The van der Waals surface area contributed by atoms with E-state index < -0.39 is 0 Å². The maximum Gasteiger partial charge on any atom is 0.323 e. The molecule has 6 heterocycles. The van der Waals surface area contributed by atoms with Crippen molar-refractivity contribution in [1.82, 2.24) is 19.9 Å². The molecule has 6 rings (SSSR count). The lowest BCUT2D eigenvalue weighted by molar-refractivity contribution is 0.175. The zero-order chi connectivity index (χ0) is 26.1. The second kappa shape index (κ2) is 8.92. The van der Waals surface area contributed by atoms with Crippen LogP contribution in [0.5, 0.6) is 11.5 Å². The molecule has 1 atom stereocenters. The maximum atomic E-state index is 12.5. The first kappa shape index (κ1) is 24.6. The van der Waals surface area contributed by atoms with Crippen LogP contribution in [0, 0.1) is 0 Å². The Morgan fingerprint density at radius 3 is 1.84 bits per heavy atom. The highest BCUT2D eigenvalue weighted by molar-refractivity contribution is 7.28. The minimum atomic E-state index is -0.209. The van der Waals surface area contributed by atoms with Crippen molar-refractivity contribution in [3.05, 3.63) is 30.7 Å². The Labute approximate surface area is 225 Å². The number of nitrogens with one attached hydrogen (secondary N) is 4. The highest BCUT2D eigenvalue weighted by atomic mass is 32.1. The maximum absolute atomic E-state index is 12.5. The van der Waals surface area contributed by atoms with Crippen LogP contribution in [0.25, 0.3) is 41.6 Å². The monoisotopic (exact) mass is 558 g/mol. The highest BCUT2D eigenvalue weighted by Crippen LogP contribution is 2.59. The van der Waals surface area contributed by atoms with Crippen molar-refractivity contribution in [3.63, 3.8) is 0 Å². The second-order valence-corrected chi connectivity index (χ2v) is 13.0. The molecule has 0 fully saturated rings. The largest absolute Gasteiger partial charge is 0.485 e. The minimum absolute atomic E-state index is 0.0560. The number of fused-ring (bicyclic) bond motifs is 3. The fourth-order valence-corrected chi connectivity index (χ4v) is 9.28. The average Bonchev–Trinajstić information content (AvgIpc) is 3.69. The summed E-state index contributed by atoms with van der Waals surface area (Å²) in [6, 6.07) is 0. The molecule has 4 N–H and O–H groups in total. The van der Waals surface area contributed by atoms with E-state index in [1.807, 2.05) is 0 Å². The zero-order valence-electron chi connectivity index (χ0n) is 21.5. The number of aromatic amines is 4. The van der Waals surface area contributed by atoms with E-state index in [-0.39, 0.29) is 16.8 Å². The molecule has 11 heteroatoms. The van der Waals surface area contributed by atoms with E-state index in [2.05, 4.69) is 54.6 Å². The Balaban J connectivity index is 1.62. The van der Waals surface area contributed by atoms with Crippen molar-refractivity contribution >= 4 is 56.1 Å². The fraction of sp³-hybridized carbons (Fsp3) is 0.462. The summed E-state index contributed by atoms with van der Waals surface area (Å²) in [4.78, 5) is 43.1. The predicted octanol–water partition coefficient (Wildman–Crippen LogP) is 6.91. The van der Waals surface area contributed by atoms with Gasteiger partial charge in [0.1, 0.15) is 13.2 Å². The van der Waals surface area contributed by atoms with Gasteiger partial charge in [0.25, 0.3) is 0 Å². The Hall–Kier alpha value is -2.76. The summed E-state index contributed by atoms with van der Waals surface area (Å²) in [7, 11) is 0. The lowest BCUT2D eigenvalue weighted by atomic mass is 9.83. The van der Waals surface area contributed by atoms with Gasteiger partial charge in [-0.25, -0.2) is 9.59 Å². The zero-order valence-corrected chi connectivity index (χ0v) is 23.9. The van der Waals surface area contributed by atoms with E-state index in [9.17, 15) is 9.59 Å². The quantitative estimate of drug-likeness (QED) is 0.174. The van der Waals surface area contributed by atoms with Crippen molar-refractivity contribution < 1.29 is 9.47 Å². The molecule has 1 aliphatic rings. The number of rotatable bonds is 7. The Kier molecular flexibility index (Phi) is 5.92. The van der Waals surface area contributed by atoms with Crippen molar-refractivity contribution in [2.24, 2.45) is 0 Å². The third kappa shape index (κ3) is 3.65. The molecule has 0 aromatic carbocycles. The van der Waals surface area contributed by atoms with Gasteiger partial charge in [0.15, 0.2) is 11.5 Å². The van der Waals surface area contributed by atoms with Gasteiger partial charge in [-0.05, 0) is 25.2 Å². The molecule has 0 amide bonds. The average molecular weight is 559 g/mol. The lowest BCUT2D eigenvalue weighted by Crippen LogP contribution is -2.18. The van der Waals surface area contributed by atoms with Gasteiger partial charge < -0.3 is 29.4 Å². The molecule has 1 unspecified atom stereocenters.